The standard InChI is InChI=1S/C19H24O9/c1-16(25,6-20)14-19-7(4-10(23)26-14)17(2)8(21)5-9(22)18(3)12(17)11(13(19)28-19)27-15(18)24/h4,8-9,11-14,20-22,25H,5-6H2,1-3H3/t8-,9+,11+,12-,13-,14-,16+,17+,18+,19+/m1/s1. The molecule has 5 aliphatic rings. The van der Waals surface area contributed by atoms with E-state index in [1.807, 2.05) is 0 Å². The molecule has 2 aliphatic carbocycles. The number of aliphatic hydroxyl groups excluding tert-OH is 3. The molecular weight excluding hydrogens is 372 g/mol. The molecule has 0 aromatic carbocycles. The van der Waals surface area contributed by atoms with Crippen molar-refractivity contribution < 1.29 is 44.2 Å². The van der Waals surface area contributed by atoms with Crippen molar-refractivity contribution in [2.45, 2.75) is 68.9 Å². The van der Waals surface area contributed by atoms with E-state index in [0.717, 1.165) is 0 Å². The first kappa shape index (κ1) is 18.5. The molecule has 4 fully saturated rings. The highest BCUT2D eigenvalue weighted by atomic mass is 16.7. The van der Waals surface area contributed by atoms with Crippen molar-refractivity contribution in [1.29, 1.82) is 0 Å². The normalized spacial score (nSPS) is 55.8. The number of hydrogen-bond acceptors (Lipinski definition) is 9. The molecule has 3 aliphatic heterocycles. The number of carbonyl (C=O) groups is 2. The molecule has 154 valence electrons. The summed E-state index contributed by atoms with van der Waals surface area (Å²) in [6, 6.07) is 0. The van der Waals surface area contributed by atoms with Gasteiger partial charge in [0.25, 0.3) is 0 Å². The number of carbonyl (C=O) groups excluding carboxylic acids is 2. The van der Waals surface area contributed by atoms with Gasteiger partial charge in [-0.25, -0.2) is 4.79 Å². The summed E-state index contributed by atoms with van der Waals surface area (Å²) in [6.45, 7) is 4.00. The summed E-state index contributed by atoms with van der Waals surface area (Å²) < 4.78 is 17.0. The van der Waals surface area contributed by atoms with Gasteiger partial charge in [0.05, 0.1) is 24.2 Å². The van der Waals surface area contributed by atoms with Gasteiger partial charge in [-0.2, -0.15) is 0 Å². The summed E-state index contributed by atoms with van der Waals surface area (Å²) >= 11 is 0. The van der Waals surface area contributed by atoms with Crippen LogP contribution in [0.3, 0.4) is 0 Å². The molecule has 1 spiro atoms. The van der Waals surface area contributed by atoms with Crippen molar-refractivity contribution in [1.82, 2.24) is 0 Å². The van der Waals surface area contributed by atoms with Gasteiger partial charge in [0, 0.05) is 23.8 Å². The van der Waals surface area contributed by atoms with Gasteiger partial charge in [-0.1, -0.05) is 6.92 Å². The van der Waals surface area contributed by atoms with Crippen LogP contribution in [0.2, 0.25) is 0 Å². The van der Waals surface area contributed by atoms with Crippen LogP contribution in [0.5, 0.6) is 0 Å². The molecule has 0 unspecified atom stereocenters. The molecule has 2 saturated heterocycles. The highest BCUT2D eigenvalue weighted by molar-refractivity contribution is 5.87. The lowest BCUT2D eigenvalue weighted by Crippen LogP contribution is -2.69. The van der Waals surface area contributed by atoms with Crippen molar-refractivity contribution in [2.75, 3.05) is 6.61 Å². The SMILES string of the molecule is C[C@@]12C3=CC(=O)O[C@H]([C@@](C)(O)CO)[C@]34O[C@@H]4[C@H]3OC(=O)[C@](C)([C@H]31)[C@@H](O)C[C@H]2O. The molecule has 0 aromatic rings. The average Bonchev–Trinajstić information content (AvgIpc) is 3.29. The Balaban J connectivity index is 1.74. The predicted molar refractivity (Wildman–Crippen MR) is 89.5 cm³/mol. The molecule has 5 rings (SSSR count). The van der Waals surface area contributed by atoms with Gasteiger partial charge < -0.3 is 34.6 Å². The van der Waals surface area contributed by atoms with Crippen LogP contribution < -0.4 is 0 Å². The second-order valence-electron chi connectivity index (χ2n) is 9.40. The highest BCUT2D eigenvalue weighted by Crippen LogP contribution is 2.73. The molecule has 28 heavy (non-hydrogen) atoms. The molecule has 4 N–H and O–H groups in total. The zero-order valence-corrected chi connectivity index (χ0v) is 15.8. The van der Waals surface area contributed by atoms with E-state index in [-0.39, 0.29) is 6.42 Å². The van der Waals surface area contributed by atoms with Crippen LogP contribution in [0, 0.1) is 16.7 Å². The Morgan fingerprint density at radius 2 is 1.82 bits per heavy atom. The van der Waals surface area contributed by atoms with Crippen LogP contribution in [0.25, 0.3) is 0 Å². The third kappa shape index (κ3) is 1.72. The maximum absolute atomic E-state index is 12.8. The van der Waals surface area contributed by atoms with Crippen molar-refractivity contribution >= 4 is 11.9 Å². The smallest absolute Gasteiger partial charge is 0.331 e. The highest BCUT2D eigenvalue weighted by Gasteiger charge is 2.86. The third-order valence-corrected chi connectivity index (χ3v) is 7.89. The van der Waals surface area contributed by atoms with Gasteiger partial charge in [-0.15, -0.1) is 0 Å². The first-order chi connectivity index (χ1) is 13.0. The number of rotatable bonds is 2. The largest absolute Gasteiger partial charge is 0.459 e. The molecule has 9 heteroatoms. The van der Waals surface area contributed by atoms with Gasteiger partial charge in [0.2, 0.25) is 0 Å². The fraction of sp³-hybridized carbons (Fsp3) is 0.789. The van der Waals surface area contributed by atoms with Gasteiger partial charge in [0.15, 0.2) is 11.7 Å². The van der Waals surface area contributed by atoms with Crippen LogP contribution in [0.4, 0.5) is 0 Å². The summed E-state index contributed by atoms with van der Waals surface area (Å²) in [5.74, 6) is -1.92. The molecule has 9 nitrogen and oxygen atoms in total. The summed E-state index contributed by atoms with van der Waals surface area (Å²) in [5, 5.41) is 42.0. The first-order valence-corrected chi connectivity index (χ1v) is 9.47. The van der Waals surface area contributed by atoms with Crippen molar-refractivity contribution in [2.24, 2.45) is 16.7 Å². The van der Waals surface area contributed by atoms with Gasteiger partial charge in [0.1, 0.15) is 17.8 Å². The number of fused-ring (bicyclic) bond motifs is 2. The molecule has 3 heterocycles. The van der Waals surface area contributed by atoms with E-state index in [9.17, 15) is 30.0 Å². The van der Waals surface area contributed by atoms with E-state index in [1.54, 1.807) is 13.8 Å². The lowest BCUT2D eigenvalue weighted by Gasteiger charge is -2.57. The van der Waals surface area contributed by atoms with Crippen LogP contribution in [-0.2, 0) is 23.8 Å². The number of aliphatic hydroxyl groups is 4. The van der Waals surface area contributed by atoms with E-state index in [4.69, 9.17) is 14.2 Å². The third-order valence-electron chi connectivity index (χ3n) is 7.89. The van der Waals surface area contributed by atoms with Crippen molar-refractivity contribution in [3.63, 3.8) is 0 Å². The summed E-state index contributed by atoms with van der Waals surface area (Å²) in [5.41, 5.74) is -5.07. The van der Waals surface area contributed by atoms with Crippen molar-refractivity contribution in [3.8, 4) is 0 Å². The minimum Gasteiger partial charge on any atom is -0.459 e. The molecular formula is C19H24O9. The van der Waals surface area contributed by atoms with Crippen LogP contribution >= 0.6 is 0 Å². The number of cyclic esters (lactones) is 1. The lowest BCUT2D eigenvalue weighted by molar-refractivity contribution is -0.186. The summed E-state index contributed by atoms with van der Waals surface area (Å²) in [7, 11) is 0. The van der Waals surface area contributed by atoms with Crippen LogP contribution in [0.15, 0.2) is 11.6 Å². The fourth-order valence-corrected chi connectivity index (χ4v) is 6.36. The number of esters is 2. The van der Waals surface area contributed by atoms with Gasteiger partial charge in [-0.3, -0.25) is 4.79 Å². The first-order valence-electron chi connectivity index (χ1n) is 9.47. The minimum absolute atomic E-state index is 0.0699. The monoisotopic (exact) mass is 396 g/mol. The fourth-order valence-electron chi connectivity index (χ4n) is 6.36. The Bertz CT molecular complexity index is 820. The zero-order chi connectivity index (χ0) is 20.4. The number of hydrogen-bond donors (Lipinski definition) is 4. The lowest BCUT2D eigenvalue weighted by atomic mass is 9.45. The Morgan fingerprint density at radius 3 is 2.46 bits per heavy atom. The van der Waals surface area contributed by atoms with Crippen LogP contribution in [-0.4, -0.2) is 80.7 Å². The maximum Gasteiger partial charge on any atom is 0.331 e. The maximum atomic E-state index is 12.8. The second kappa shape index (κ2) is 4.96. The molecule has 0 aromatic heterocycles. The quantitative estimate of drug-likeness (QED) is 0.320. The van der Waals surface area contributed by atoms with Gasteiger partial charge >= 0.3 is 11.9 Å². The zero-order valence-electron chi connectivity index (χ0n) is 15.8. The van der Waals surface area contributed by atoms with Crippen LogP contribution in [0.1, 0.15) is 27.2 Å². The predicted octanol–water partition coefficient (Wildman–Crippen LogP) is -1.59. The number of epoxide rings is 1. The Morgan fingerprint density at radius 1 is 1.18 bits per heavy atom. The molecule has 0 amide bonds. The molecule has 0 bridgehead atoms. The number of ether oxygens (including phenoxy) is 3. The molecule has 2 saturated carbocycles. The van der Waals surface area contributed by atoms with Gasteiger partial charge in [-0.05, 0) is 19.4 Å². The van der Waals surface area contributed by atoms with E-state index in [0.29, 0.717) is 5.57 Å². The van der Waals surface area contributed by atoms with E-state index in [2.05, 4.69) is 0 Å². The van der Waals surface area contributed by atoms with Crippen molar-refractivity contribution in [3.05, 3.63) is 11.6 Å². The van der Waals surface area contributed by atoms with E-state index in [1.165, 1.54) is 13.0 Å². The topological polar surface area (TPSA) is 146 Å². The average molecular weight is 396 g/mol. The van der Waals surface area contributed by atoms with E-state index < -0.39 is 77.0 Å². The molecule has 10 atom stereocenters. The summed E-state index contributed by atoms with van der Waals surface area (Å²) in [4.78, 5) is 25.2. The Hall–Kier alpha value is -1.52. The Labute approximate surface area is 160 Å². The van der Waals surface area contributed by atoms with E-state index >= 15 is 0 Å². The second-order valence-corrected chi connectivity index (χ2v) is 9.40. The Kier molecular flexibility index (Phi) is 3.28. The molecule has 0 radical (unpaired) electrons. The summed E-state index contributed by atoms with van der Waals surface area (Å²) in [6.07, 6.45) is -3.71. The minimum atomic E-state index is -1.81.